The molecule has 11 nitrogen and oxygen atoms in total. The fourth-order valence-electron chi connectivity index (χ4n) is 3.47. The van der Waals surface area contributed by atoms with Crippen LogP contribution in [0.15, 0.2) is 24.3 Å². The molecule has 12 heteroatoms. The fourth-order valence-corrected chi connectivity index (χ4v) is 4.24. The lowest BCUT2D eigenvalue weighted by Crippen LogP contribution is -2.34. The Labute approximate surface area is 239 Å². The minimum atomic E-state index is -4.67. The third-order valence-electron chi connectivity index (χ3n) is 5.76. The molecule has 0 heterocycles. The summed E-state index contributed by atoms with van der Waals surface area (Å²) in [7, 11) is -4.67. The van der Waals surface area contributed by atoms with Gasteiger partial charge in [0.2, 0.25) is 0 Å². The second-order valence-electron chi connectivity index (χ2n) is 9.61. The van der Waals surface area contributed by atoms with Crippen molar-refractivity contribution in [3.63, 3.8) is 0 Å². The maximum absolute atomic E-state index is 12.2. The van der Waals surface area contributed by atoms with Crippen molar-refractivity contribution >= 4 is 25.7 Å². The number of allylic oxidation sites excluding steroid dienone is 4. The number of aliphatic carboxylic acids is 1. The molecule has 4 N–H and O–H groups in total. The van der Waals surface area contributed by atoms with E-state index in [1.807, 2.05) is 0 Å². The second-order valence-corrected chi connectivity index (χ2v) is 11.1. The number of hydrogen-bond donors (Lipinski definition) is 3. The van der Waals surface area contributed by atoms with Crippen LogP contribution in [-0.4, -0.2) is 59.9 Å². The SMILES string of the molecule is CCCCC/C=C\C/C=C\CCCCCCCCCC(=O)OC(COC(C)=O)COP(=O)(O)OCC(N)C(=O)O. The lowest BCUT2D eigenvalue weighted by molar-refractivity contribution is -0.160. The molecule has 0 rings (SSSR count). The van der Waals surface area contributed by atoms with Gasteiger partial charge in [0.05, 0.1) is 13.2 Å². The van der Waals surface area contributed by atoms with Crippen LogP contribution in [-0.2, 0) is 37.5 Å². The van der Waals surface area contributed by atoms with Crippen LogP contribution in [0.1, 0.15) is 104 Å². The Morgan fingerprint density at radius 3 is 1.95 bits per heavy atom. The smallest absolute Gasteiger partial charge is 0.472 e. The lowest BCUT2D eigenvalue weighted by atomic mass is 10.1. The van der Waals surface area contributed by atoms with Crippen molar-refractivity contribution in [3.05, 3.63) is 24.3 Å². The monoisotopic (exact) mass is 591 g/mol. The number of phosphoric ester groups is 1. The van der Waals surface area contributed by atoms with E-state index in [4.69, 9.17) is 24.8 Å². The van der Waals surface area contributed by atoms with Gasteiger partial charge in [-0.1, -0.05) is 76.2 Å². The molecular formula is C28H50NO10P. The van der Waals surface area contributed by atoms with Crippen LogP contribution in [0.5, 0.6) is 0 Å². The van der Waals surface area contributed by atoms with Crippen molar-refractivity contribution in [1.29, 1.82) is 0 Å². The molecule has 0 aromatic rings. The minimum absolute atomic E-state index is 0.148. The van der Waals surface area contributed by atoms with Crippen LogP contribution in [0.3, 0.4) is 0 Å². The van der Waals surface area contributed by atoms with Gasteiger partial charge >= 0.3 is 25.7 Å². The fraction of sp³-hybridized carbons (Fsp3) is 0.750. The predicted molar refractivity (Wildman–Crippen MR) is 152 cm³/mol. The number of ether oxygens (including phenoxy) is 2. The van der Waals surface area contributed by atoms with E-state index in [0.29, 0.717) is 6.42 Å². The van der Waals surface area contributed by atoms with Gasteiger partial charge < -0.3 is 25.2 Å². The highest BCUT2D eigenvalue weighted by Gasteiger charge is 2.27. The maximum Gasteiger partial charge on any atom is 0.472 e. The Hall–Kier alpha value is -2.04. The highest BCUT2D eigenvalue weighted by Crippen LogP contribution is 2.43. The number of carbonyl (C=O) groups excluding carboxylic acids is 2. The third-order valence-corrected chi connectivity index (χ3v) is 6.71. The quantitative estimate of drug-likeness (QED) is 0.0495. The van der Waals surface area contributed by atoms with Gasteiger partial charge in [-0.05, 0) is 38.5 Å². The van der Waals surface area contributed by atoms with Gasteiger partial charge in [-0.3, -0.25) is 23.4 Å². The van der Waals surface area contributed by atoms with Gasteiger partial charge in [-0.25, -0.2) is 4.57 Å². The molecule has 0 fully saturated rings. The Kier molecular flexibility index (Phi) is 23.5. The lowest BCUT2D eigenvalue weighted by Gasteiger charge is -2.20. The molecule has 232 valence electrons. The molecule has 0 saturated heterocycles. The molecule has 0 spiro atoms. The number of carboxylic acid groups (broad SMARTS) is 1. The first kappa shape index (κ1) is 38.0. The van der Waals surface area contributed by atoms with E-state index in [0.717, 1.165) is 38.5 Å². The number of carboxylic acids is 1. The number of nitrogens with two attached hydrogens (primary N) is 1. The molecule has 0 aromatic carbocycles. The summed E-state index contributed by atoms with van der Waals surface area (Å²) in [4.78, 5) is 43.7. The standard InChI is InChI=1S/C28H50NO10P/c1-3-4-5-6-7-8-9-10-11-12-13-14-15-16-17-18-19-20-27(31)39-25(21-36-24(2)30)22-37-40(34,35)38-23-26(29)28(32)33/h7-8,10-11,25-26H,3-6,9,12-23,29H2,1-2H3,(H,32,33)(H,34,35)/b8-7-,11-10-. The van der Waals surface area contributed by atoms with Crippen molar-refractivity contribution in [3.8, 4) is 0 Å². The van der Waals surface area contributed by atoms with Crippen molar-refractivity contribution in [1.82, 2.24) is 0 Å². The van der Waals surface area contributed by atoms with Crippen molar-refractivity contribution in [2.45, 2.75) is 116 Å². The molecule has 0 aliphatic rings. The van der Waals surface area contributed by atoms with Crippen molar-refractivity contribution in [2.24, 2.45) is 5.73 Å². The predicted octanol–water partition coefficient (Wildman–Crippen LogP) is 5.60. The highest BCUT2D eigenvalue weighted by molar-refractivity contribution is 7.47. The third kappa shape index (κ3) is 25.0. The molecule has 0 saturated carbocycles. The molecule has 3 atom stereocenters. The van der Waals surface area contributed by atoms with E-state index in [2.05, 4.69) is 35.8 Å². The van der Waals surface area contributed by atoms with Crippen molar-refractivity contribution < 1.29 is 47.5 Å². The van der Waals surface area contributed by atoms with Gasteiger partial charge in [0.1, 0.15) is 12.6 Å². The van der Waals surface area contributed by atoms with Gasteiger partial charge in [-0.15, -0.1) is 0 Å². The molecule has 0 aromatic heterocycles. The van der Waals surface area contributed by atoms with Crippen LogP contribution < -0.4 is 5.73 Å². The minimum Gasteiger partial charge on any atom is -0.480 e. The summed E-state index contributed by atoms with van der Waals surface area (Å²) in [5.74, 6) is -2.59. The van der Waals surface area contributed by atoms with Gasteiger partial charge in [-0.2, -0.15) is 0 Å². The van der Waals surface area contributed by atoms with E-state index in [1.165, 1.54) is 45.4 Å². The molecule has 0 bridgehead atoms. The van der Waals surface area contributed by atoms with E-state index in [1.54, 1.807) is 0 Å². The molecule has 3 unspecified atom stereocenters. The number of unbranched alkanes of at least 4 members (excludes halogenated alkanes) is 10. The summed E-state index contributed by atoms with van der Waals surface area (Å²) in [6.07, 6.45) is 22.2. The van der Waals surface area contributed by atoms with Gasteiger partial charge in [0, 0.05) is 13.3 Å². The van der Waals surface area contributed by atoms with Gasteiger partial charge in [0.15, 0.2) is 6.10 Å². The summed E-state index contributed by atoms with van der Waals surface area (Å²) >= 11 is 0. The summed E-state index contributed by atoms with van der Waals surface area (Å²) in [5.41, 5.74) is 5.22. The van der Waals surface area contributed by atoms with Crippen LogP contribution in [0, 0.1) is 0 Å². The Bertz CT molecular complexity index is 802. The average Bonchev–Trinajstić information content (AvgIpc) is 2.90. The second kappa shape index (κ2) is 24.7. The summed E-state index contributed by atoms with van der Waals surface area (Å²) in [5, 5.41) is 8.71. The number of hydrogen-bond acceptors (Lipinski definition) is 9. The molecule has 0 radical (unpaired) electrons. The van der Waals surface area contributed by atoms with E-state index in [9.17, 15) is 23.8 Å². The summed E-state index contributed by atoms with van der Waals surface area (Å²) in [6, 6.07) is -1.52. The average molecular weight is 592 g/mol. The first-order chi connectivity index (χ1) is 19.1. The number of phosphoric acid groups is 1. The van der Waals surface area contributed by atoms with Crippen LogP contribution in [0.2, 0.25) is 0 Å². The zero-order valence-electron chi connectivity index (χ0n) is 24.2. The van der Waals surface area contributed by atoms with E-state index >= 15 is 0 Å². The van der Waals surface area contributed by atoms with Crippen molar-refractivity contribution in [2.75, 3.05) is 19.8 Å². The zero-order valence-corrected chi connectivity index (χ0v) is 25.1. The van der Waals surface area contributed by atoms with Crippen LogP contribution >= 0.6 is 7.82 Å². The number of carbonyl (C=O) groups is 3. The Balaban J connectivity index is 4.04. The summed E-state index contributed by atoms with van der Waals surface area (Å²) in [6.45, 7) is 1.65. The van der Waals surface area contributed by atoms with Crippen LogP contribution in [0.25, 0.3) is 0 Å². The highest BCUT2D eigenvalue weighted by atomic mass is 31.2. The molecule has 0 aliphatic heterocycles. The Morgan fingerprint density at radius 1 is 0.825 bits per heavy atom. The number of rotatable bonds is 26. The molecular weight excluding hydrogens is 541 g/mol. The van der Waals surface area contributed by atoms with E-state index < -0.39 is 51.1 Å². The van der Waals surface area contributed by atoms with Crippen LogP contribution in [0.4, 0.5) is 0 Å². The molecule has 0 aliphatic carbocycles. The zero-order chi connectivity index (χ0) is 30.1. The first-order valence-electron chi connectivity index (χ1n) is 14.3. The van der Waals surface area contributed by atoms with Gasteiger partial charge in [0.25, 0.3) is 0 Å². The Morgan fingerprint density at radius 2 is 1.38 bits per heavy atom. The largest absolute Gasteiger partial charge is 0.480 e. The normalized spacial score (nSPS) is 14.7. The topological polar surface area (TPSA) is 172 Å². The van der Waals surface area contributed by atoms with E-state index in [-0.39, 0.29) is 13.0 Å². The molecule has 0 amide bonds. The molecule has 40 heavy (non-hydrogen) atoms. The first-order valence-corrected chi connectivity index (χ1v) is 15.8. The maximum atomic E-state index is 12.2. The number of esters is 2. The summed E-state index contributed by atoms with van der Waals surface area (Å²) < 4.78 is 31.3.